The molecule has 1 aliphatic rings. The van der Waals surface area contributed by atoms with Crippen LogP contribution in [0, 0.1) is 13.8 Å². The predicted molar refractivity (Wildman–Crippen MR) is 137 cm³/mol. The molecule has 0 unspecified atom stereocenters. The van der Waals surface area contributed by atoms with E-state index < -0.39 is 32.7 Å². The lowest BCUT2D eigenvalue weighted by atomic mass is 10.2. The van der Waals surface area contributed by atoms with Gasteiger partial charge in [-0.2, -0.15) is 8.61 Å². The molecule has 0 radical (unpaired) electrons. The molecule has 2 aromatic carbocycles. The summed E-state index contributed by atoms with van der Waals surface area (Å²) < 4.78 is 56.3. The summed E-state index contributed by atoms with van der Waals surface area (Å²) in [6, 6.07) is 12.0. The molecule has 0 bridgehead atoms. The zero-order valence-corrected chi connectivity index (χ0v) is 22.4. The standard InChI is InChI=1S/C25H35N3O6S2/c1-20-6-10-23(11-7-20)35(31,32)27-15-4-3-14-26-25(30)18-22(19-29)28(17-5-16-27)36(33,34)24-12-8-21(2)9-13-24/h6-13,22,29H,3-5,14-19H2,1-2H3,(H,26,30)/t22-/m0/s1. The monoisotopic (exact) mass is 537 g/mol. The number of benzene rings is 2. The van der Waals surface area contributed by atoms with Crippen molar-refractivity contribution < 1.29 is 26.7 Å². The Balaban J connectivity index is 1.92. The largest absolute Gasteiger partial charge is 0.395 e. The average Bonchev–Trinajstić information content (AvgIpc) is 2.85. The first-order valence-electron chi connectivity index (χ1n) is 12.1. The van der Waals surface area contributed by atoms with Gasteiger partial charge in [0.2, 0.25) is 26.0 Å². The number of amides is 1. The number of rotatable bonds is 5. The van der Waals surface area contributed by atoms with Crippen LogP contribution in [0.1, 0.15) is 36.8 Å². The van der Waals surface area contributed by atoms with E-state index in [1.54, 1.807) is 36.4 Å². The van der Waals surface area contributed by atoms with Crippen LogP contribution in [-0.2, 0) is 24.8 Å². The minimum Gasteiger partial charge on any atom is -0.395 e. The van der Waals surface area contributed by atoms with E-state index >= 15 is 0 Å². The summed E-state index contributed by atoms with van der Waals surface area (Å²) in [5, 5.41) is 12.8. The van der Waals surface area contributed by atoms with Crippen LogP contribution in [0.2, 0.25) is 0 Å². The van der Waals surface area contributed by atoms with Gasteiger partial charge in [0.25, 0.3) is 0 Å². The molecule has 1 atom stereocenters. The van der Waals surface area contributed by atoms with E-state index in [4.69, 9.17) is 0 Å². The SMILES string of the molecule is Cc1ccc(S(=O)(=O)N2CCCCNC(=O)C[C@@H](CO)N(S(=O)(=O)c3ccc(C)cc3)CCC2)cc1. The molecule has 36 heavy (non-hydrogen) atoms. The first-order chi connectivity index (χ1) is 17.1. The Bertz CT molecular complexity index is 1230. The highest BCUT2D eigenvalue weighted by Crippen LogP contribution is 2.23. The number of hydrogen-bond donors (Lipinski definition) is 2. The number of hydrogen-bond acceptors (Lipinski definition) is 6. The number of carbonyl (C=O) groups excluding carboxylic acids is 1. The molecule has 0 aliphatic carbocycles. The topological polar surface area (TPSA) is 124 Å². The van der Waals surface area contributed by atoms with Crippen molar-refractivity contribution in [3.05, 3.63) is 59.7 Å². The van der Waals surface area contributed by atoms with Gasteiger partial charge in [0.15, 0.2) is 0 Å². The van der Waals surface area contributed by atoms with Crippen molar-refractivity contribution in [1.29, 1.82) is 0 Å². The van der Waals surface area contributed by atoms with Crippen LogP contribution in [0.15, 0.2) is 58.3 Å². The van der Waals surface area contributed by atoms with Gasteiger partial charge in [-0.15, -0.1) is 0 Å². The van der Waals surface area contributed by atoms with E-state index in [0.717, 1.165) is 15.4 Å². The van der Waals surface area contributed by atoms with Gasteiger partial charge in [0.1, 0.15) is 0 Å². The fraction of sp³-hybridized carbons (Fsp3) is 0.480. The number of aliphatic hydroxyl groups is 1. The molecule has 1 heterocycles. The first-order valence-corrected chi connectivity index (χ1v) is 15.0. The molecule has 1 saturated heterocycles. The third-order valence-electron chi connectivity index (χ3n) is 6.27. The third-order valence-corrected chi connectivity index (χ3v) is 10.1. The van der Waals surface area contributed by atoms with Gasteiger partial charge in [-0.25, -0.2) is 16.8 Å². The molecule has 9 nitrogen and oxygen atoms in total. The normalized spacial score (nSPS) is 20.1. The molecule has 1 amide bonds. The Morgan fingerprint density at radius 1 is 0.806 bits per heavy atom. The third kappa shape index (κ3) is 6.92. The fourth-order valence-corrected chi connectivity index (χ4v) is 7.31. The van der Waals surface area contributed by atoms with Crippen LogP contribution >= 0.6 is 0 Å². The Kier molecular flexibility index (Phi) is 9.65. The molecule has 0 saturated carbocycles. The Labute approximate surface area is 214 Å². The van der Waals surface area contributed by atoms with Gasteiger partial charge in [0, 0.05) is 32.6 Å². The van der Waals surface area contributed by atoms with Crippen LogP contribution in [-0.4, -0.2) is 75.3 Å². The molecule has 11 heteroatoms. The quantitative estimate of drug-likeness (QED) is 0.602. The molecule has 0 spiro atoms. The summed E-state index contributed by atoms with van der Waals surface area (Å²) in [4.78, 5) is 12.7. The van der Waals surface area contributed by atoms with Crippen molar-refractivity contribution >= 4 is 26.0 Å². The number of sulfonamides is 2. The summed E-state index contributed by atoms with van der Waals surface area (Å²) in [6.07, 6.45) is 1.13. The molecular formula is C25H35N3O6S2. The van der Waals surface area contributed by atoms with E-state index in [2.05, 4.69) is 5.32 Å². The molecule has 198 valence electrons. The van der Waals surface area contributed by atoms with Gasteiger partial charge >= 0.3 is 0 Å². The smallest absolute Gasteiger partial charge is 0.243 e. The summed E-state index contributed by atoms with van der Waals surface area (Å²) in [6.45, 7) is 3.83. The van der Waals surface area contributed by atoms with Gasteiger partial charge in [0.05, 0.1) is 22.4 Å². The van der Waals surface area contributed by atoms with Crippen molar-refractivity contribution in [2.75, 3.05) is 32.8 Å². The number of nitrogens with one attached hydrogen (secondary N) is 1. The lowest BCUT2D eigenvalue weighted by molar-refractivity contribution is -0.122. The van der Waals surface area contributed by atoms with E-state index in [1.807, 2.05) is 13.8 Å². The molecule has 1 fully saturated rings. The Hall–Kier alpha value is -2.31. The van der Waals surface area contributed by atoms with Crippen LogP contribution in [0.5, 0.6) is 0 Å². The first kappa shape index (κ1) is 28.3. The van der Waals surface area contributed by atoms with Crippen LogP contribution < -0.4 is 5.32 Å². The lowest BCUT2D eigenvalue weighted by Crippen LogP contribution is -2.46. The van der Waals surface area contributed by atoms with Crippen LogP contribution in [0.25, 0.3) is 0 Å². The van der Waals surface area contributed by atoms with E-state index in [1.165, 1.54) is 16.4 Å². The van der Waals surface area contributed by atoms with Crippen molar-refractivity contribution in [3.63, 3.8) is 0 Å². The summed E-state index contributed by atoms with van der Waals surface area (Å²) in [5.74, 6) is -0.360. The van der Waals surface area contributed by atoms with E-state index in [-0.39, 0.29) is 48.2 Å². The highest BCUT2D eigenvalue weighted by atomic mass is 32.2. The molecule has 1 aliphatic heterocycles. The van der Waals surface area contributed by atoms with Gasteiger partial charge in [-0.05, 0) is 57.4 Å². The minimum atomic E-state index is -4.05. The Morgan fingerprint density at radius 2 is 1.33 bits per heavy atom. The Morgan fingerprint density at radius 3 is 1.89 bits per heavy atom. The molecule has 2 aromatic rings. The maximum absolute atomic E-state index is 13.5. The van der Waals surface area contributed by atoms with Gasteiger partial charge < -0.3 is 10.4 Å². The van der Waals surface area contributed by atoms with Gasteiger partial charge in [-0.3, -0.25) is 4.79 Å². The predicted octanol–water partition coefficient (Wildman–Crippen LogP) is 2.04. The second-order valence-electron chi connectivity index (χ2n) is 9.10. The van der Waals surface area contributed by atoms with E-state index in [9.17, 15) is 26.7 Å². The van der Waals surface area contributed by atoms with Crippen molar-refractivity contribution in [3.8, 4) is 0 Å². The summed E-state index contributed by atoms with van der Waals surface area (Å²) in [7, 11) is -7.83. The molecule has 3 rings (SSSR count). The maximum Gasteiger partial charge on any atom is 0.243 e. The van der Waals surface area contributed by atoms with Crippen molar-refractivity contribution in [2.45, 2.75) is 55.4 Å². The molecule has 0 aromatic heterocycles. The van der Waals surface area contributed by atoms with Crippen LogP contribution in [0.4, 0.5) is 0 Å². The summed E-state index contributed by atoms with van der Waals surface area (Å²) in [5.41, 5.74) is 1.84. The minimum absolute atomic E-state index is 0.0470. The number of aliphatic hydroxyl groups excluding tert-OH is 1. The van der Waals surface area contributed by atoms with Gasteiger partial charge in [-0.1, -0.05) is 35.4 Å². The highest BCUT2D eigenvalue weighted by Gasteiger charge is 2.33. The number of aryl methyl sites for hydroxylation is 2. The van der Waals surface area contributed by atoms with Crippen LogP contribution in [0.3, 0.4) is 0 Å². The highest BCUT2D eigenvalue weighted by molar-refractivity contribution is 7.89. The second kappa shape index (κ2) is 12.3. The zero-order chi connectivity index (χ0) is 26.3. The molecular weight excluding hydrogens is 502 g/mol. The van der Waals surface area contributed by atoms with E-state index in [0.29, 0.717) is 19.4 Å². The zero-order valence-electron chi connectivity index (χ0n) is 20.8. The summed E-state index contributed by atoms with van der Waals surface area (Å²) >= 11 is 0. The maximum atomic E-state index is 13.5. The lowest BCUT2D eigenvalue weighted by Gasteiger charge is -2.30. The number of nitrogens with zero attached hydrogens (tertiary/aromatic N) is 2. The van der Waals surface area contributed by atoms with Crippen molar-refractivity contribution in [2.24, 2.45) is 0 Å². The molecule has 2 N–H and O–H groups in total. The number of carbonyl (C=O) groups is 1. The fourth-order valence-electron chi connectivity index (χ4n) is 4.14. The van der Waals surface area contributed by atoms with Crippen molar-refractivity contribution in [1.82, 2.24) is 13.9 Å². The second-order valence-corrected chi connectivity index (χ2v) is 12.9. The average molecular weight is 538 g/mol.